The number of nitrogens with one attached hydrogen (secondary N) is 3. The van der Waals surface area contributed by atoms with Gasteiger partial charge >= 0.3 is 5.97 Å². The Morgan fingerprint density at radius 3 is 2.31 bits per heavy atom. The highest BCUT2D eigenvalue weighted by molar-refractivity contribution is 5.79. The summed E-state index contributed by atoms with van der Waals surface area (Å²) in [7, 11) is 0. The highest BCUT2D eigenvalue weighted by Gasteiger charge is 2.74. The molecule has 1 aromatic heterocycles. The van der Waals surface area contributed by atoms with Crippen LogP contribution in [0.25, 0.3) is 0 Å². The molecule has 1 aromatic rings. The maximum absolute atomic E-state index is 13.8. The number of aliphatic hydroxyl groups is 7. The Bertz CT molecular complexity index is 1960. The van der Waals surface area contributed by atoms with Gasteiger partial charge in [-0.05, 0) is 129 Å². The fourth-order valence-electron chi connectivity index (χ4n) is 16.7. The fraction of sp³-hybridized carbons (Fsp3) is 0.854. The van der Waals surface area contributed by atoms with Crippen LogP contribution in [0.5, 0.6) is 0 Å². The van der Waals surface area contributed by atoms with E-state index in [1.807, 2.05) is 20.0 Å². The summed E-state index contributed by atoms with van der Waals surface area (Å²) in [5.74, 6) is -2.62. The molecule has 3 saturated heterocycles. The lowest BCUT2D eigenvalue weighted by molar-refractivity contribution is -0.340. The molecule has 5 aliphatic carbocycles. The summed E-state index contributed by atoms with van der Waals surface area (Å²) in [6.07, 6.45) is 2.04. The summed E-state index contributed by atoms with van der Waals surface area (Å²) >= 11 is 0. The van der Waals surface area contributed by atoms with Gasteiger partial charge in [-0.1, -0.05) is 46.3 Å². The van der Waals surface area contributed by atoms with Crippen LogP contribution < -0.4 is 10.6 Å². The first-order valence-electron chi connectivity index (χ1n) is 24.0. The second-order valence-corrected chi connectivity index (χ2v) is 23.1. The molecule has 8 aliphatic rings. The summed E-state index contributed by atoms with van der Waals surface area (Å²) in [6.45, 7) is 11.4. The summed E-state index contributed by atoms with van der Waals surface area (Å²) in [6, 6.07) is -0.283. The predicted octanol–water partition coefficient (Wildman–Crippen LogP) is 1.75. The molecule has 0 radical (unpaired) electrons. The molecule has 11 N–H and O–H groups in total. The highest BCUT2D eigenvalue weighted by atomic mass is 16.7. The first-order chi connectivity index (χ1) is 30.2. The molecule has 4 heterocycles. The molecule has 64 heavy (non-hydrogen) atoms. The molecular formula is C48H74N4O12. The number of aromatic amines is 1. The van der Waals surface area contributed by atoms with Crippen LogP contribution >= 0.6 is 0 Å². The van der Waals surface area contributed by atoms with Crippen molar-refractivity contribution in [1.29, 1.82) is 0 Å². The molecule has 358 valence electrons. The molecule has 0 unspecified atom stereocenters. The summed E-state index contributed by atoms with van der Waals surface area (Å²) in [4.78, 5) is 35.0. The smallest absolute Gasteiger partial charge is 0.312 e. The van der Waals surface area contributed by atoms with Gasteiger partial charge in [0.15, 0.2) is 6.29 Å². The SMILES string of the molecule is C[C@]1(CO)C[C@@H](O)[C@]2(C(=O)O)CC[C@]3(C)C(=CC[C@@H]4[C@]5(C)[C@H](CC[C@]43C)[C@](C)(CO)[C@H](O[C@@H]3OC[C@@H](O)[C@H](O)[C@H]3O)[C@H](O)[C@@H]5C[C@H]3CC(=O)N[C@@H]3C3(c4cnc[nH]4)CCNCC3)[C@@H]2C1. The fourth-order valence-corrected chi connectivity index (χ4v) is 16.7. The van der Waals surface area contributed by atoms with Crippen molar-refractivity contribution in [1.82, 2.24) is 20.6 Å². The first-order valence-corrected chi connectivity index (χ1v) is 24.0. The number of allylic oxidation sites excluding steroid dienone is 2. The van der Waals surface area contributed by atoms with E-state index in [9.17, 15) is 50.4 Å². The average Bonchev–Trinajstić information content (AvgIpc) is 3.95. The number of imidazole rings is 1. The number of rotatable bonds is 9. The number of fused-ring (bicyclic) bond motifs is 7. The number of hydrogen-bond acceptors (Lipinski definition) is 13. The van der Waals surface area contributed by atoms with E-state index in [2.05, 4.69) is 47.4 Å². The number of carboxylic acids is 1. The van der Waals surface area contributed by atoms with Gasteiger partial charge in [0.1, 0.15) is 23.7 Å². The largest absolute Gasteiger partial charge is 0.481 e. The van der Waals surface area contributed by atoms with Crippen molar-refractivity contribution in [3.05, 3.63) is 29.9 Å². The molecule has 0 bridgehead atoms. The molecule has 7 fully saturated rings. The molecule has 3 aliphatic heterocycles. The molecule has 4 saturated carbocycles. The minimum atomic E-state index is -1.62. The van der Waals surface area contributed by atoms with Crippen molar-refractivity contribution >= 4 is 11.9 Å². The number of ether oxygens (including phenoxy) is 2. The van der Waals surface area contributed by atoms with Gasteiger partial charge < -0.3 is 65.9 Å². The Hall–Kier alpha value is -2.51. The Balaban J connectivity index is 1.16. The van der Waals surface area contributed by atoms with Crippen LogP contribution in [0, 0.1) is 62.1 Å². The van der Waals surface area contributed by atoms with Crippen LogP contribution in [0.1, 0.15) is 111 Å². The summed E-state index contributed by atoms with van der Waals surface area (Å²) < 4.78 is 12.4. The lowest BCUT2D eigenvalue weighted by atomic mass is 9.31. The quantitative estimate of drug-likeness (QED) is 0.125. The Morgan fingerprint density at radius 1 is 0.922 bits per heavy atom. The lowest BCUT2D eigenvalue weighted by Gasteiger charge is -2.73. The van der Waals surface area contributed by atoms with Gasteiger partial charge in [0.25, 0.3) is 0 Å². The van der Waals surface area contributed by atoms with Crippen LogP contribution in [-0.2, 0) is 24.5 Å². The molecule has 19 atom stereocenters. The topological polar surface area (TPSA) is 267 Å². The van der Waals surface area contributed by atoms with Crippen molar-refractivity contribution in [3.63, 3.8) is 0 Å². The zero-order chi connectivity index (χ0) is 46.0. The van der Waals surface area contributed by atoms with Crippen molar-refractivity contribution in [2.24, 2.45) is 62.1 Å². The van der Waals surface area contributed by atoms with Crippen LogP contribution in [0.2, 0.25) is 0 Å². The van der Waals surface area contributed by atoms with E-state index < -0.39 is 98.6 Å². The monoisotopic (exact) mass is 899 g/mol. The first kappa shape index (κ1) is 46.6. The van der Waals surface area contributed by atoms with Gasteiger partial charge in [-0.2, -0.15) is 0 Å². The van der Waals surface area contributed by atoms with Crippen molar-refractivity contribution in [2.45, 2.75) is 160 Å². The van der Waals surface area contributed by atoms with Crippen LogP contribution in [0.15, 0.2) is 24.2 Å². The number of amides is 1. The van der Waals surface area contributed by atoms with E-state index in [1.54, 1.807) is 6.33 Å². The zero-order valence-corrected chi connectivity index (χ0v) is 38.2. The number of nitrogens with zero attached hydrogens (tertiary/aromatic N) is 1. The van der Waals surface area contributed by atoms with Gasteiger partial charge in [-0.25, -0.2) is 4.98 Å². The number of aliphatic hydroxyl groups excluding tert-OH is 7. The van der Waals surface area contributed by atoms with Crippen LogP contribution in [0.3, 0.4) is 0 Å². The van der Waals surface area contributed by atoms with E-state index in [4.69, 9.17) is 9.47 Å². The molecule has 0 aromatic carbocycles. The standard InChI is InChI=1S/C48H74N4O12/c1-42(22-53)18-28-26-6-7-31-45(4,44(26,3)10-11-48(28,41(61)62)33(56)19-42)9-8-30-43(2,23-54)39(64-40-37(60)36(59)29(55)21-63-40)35(58)27(46(30,31)5)16-25-17-34(57)52-38(25)47(12-14-49-15-13-47)32-20-50-24-51-32/h6,20,24-25,27-31,33,35-40,49,53-56,58-60H,7-19,21-23H2,1-5H3,(H,50,51)(H,52,57)(H,61,62)/t25-,27-,28-,29+,30+,31-,33+,35+,36-,37+,38-,39+,40-,42+,43-,44+,45+,46-,48-/m0/s1. The normalized spacial score (nSPS) is 51.2. The zero-order valence-electron chi connectivity index (χ0n) is 38.2. The molecule has 16 nitrogen and oxygen atoms in total. The van der Waals surface area contributed by atoms with Gasteiger partial charge in [0.2, 0.25) is 5.91 Å². The second kappa shape index (κ2) is 16.1. The number of carboxylic acid groups (broad SMARTS) is 1. The number of carbonyl (C=O) groups is 2. The van der Waals surface area contributed by atoms with E-state index in [0.717, 1.165) is 43.6 Å². The van der Waals surface area contributed by atoms with Gasteiger partial charge in [-0.3, -0.25) is 9.59 Å². The van der Waals surface area contributed by atoms with Crippen molar-refractivity contribution < 1.29 is 59.9 Å². The molecule has 16 heteroatoms. The summed E-state index contributed by atoms with van der Waals surface area (Å²) in [5.41, 5.74) is -3.22. The lowest BCUT2D eigenvalue weighted by Crippen LogP contribution is -2.73. The van der Waals surface area contributed by atoms with Crippen molar-refractivity contribution in [2.75, 3.05) is 32.9 Å². The molecular weight excluding hydrogens is 825 g/mol. The van der Waals surface area contributed by atoms with Crippen LogP contribution in [0.4, 0.5) is 0 Å². The Labute approximate surface area is 376 Å². The summed E-state index contributed by atoms with van der Waals surface area (Å²) in [5, 5.41) is 97.4. The number of aromatic nitrogens is 2. The van der Waals surface area contributed by atoms with Crippen molar-refractivity contribution in [3.8, 4) is 0 Å². The van der Waals surface area contributed by atoms with E-state index >= 15 is 0 Å². The Kier molecular flexibility index (Phi) is 11.7. The van der Waals surface area contributed by atoms with Gasteiger partial charge in [0.05, 0.1) is 37.9 Å². The minimum Gasteiger partial charge on any atom is -0.481 e. The Morgan fingerprint density at radius 2 is 1.66 bits per heavy atom. The molecule has 0 spiro atoms. The molecule has 9 rings (SSSR count). The van der Waals surface area contributed by atoms with E-state index in [-0.39, 0.29) is 68.8 Å². The number of hydrogen-bond donors (Lipinski definition) is 11. The van der Waals surface area contributed by atoms with E-state index in [1.165, 1.54) is 0 Å². The average molecular weight is 899 g/mol. The third-order valence-corrected chi connectivity index (χ3v) is 20.4. The van der Waals surface area contributed by atoms with Crippen LogP contribution in [-0.4, -0.2) is 145 Å². The maximum Gasteiger partial charge on any atom is 0.312 e. The maximum atomic E-state index is 13.8. The van der Waals surface area contributed by atoms with Gasteiger partial charge in [-0.15, -0.1) is 0 Å². The third-order valence-electron chi connectivity index (χ3n) is 20.4. The predicted molar refractivity (Wildman–Crippen MR) is 231 cm³/mol. The molecule has 1 amide bonds. The number of H-pyrrole nitrogens is 1. The number of aliphatic carboxylic acids is 1. The van der Waals surface area contributed by atoms with E-state index in [0.29, 0.717) is 32.1 Å². The second-order valence-electron chi connectivity index (χ2n) is 23.1. The third kappa shape index (κ3) is 6.39. The highest BCUT2D eigenvalue weighted by Crippen LogP contribution is 2.77. The minimum absolute atomic E-state index is 0.0569. The number of piperidine rings is 1. The van der Waals surface area contributed by atoms with Gasteiger partial charge in [0, 0.05) is 41.8 Å². The number of carbonyl (C=O) groups excluding carboxylic acids is 1.